The van der Waals surface area contributed by atoms with Crippen LogP contribution in [-0.4, -0.2) is 48.2 Å². The maximum Gasteiger partial charge on any atom is 0.359 e. The molecule has 0 radical (unpaired) electrons. The van der Waals surface area contributed by atoms with Gasteiger partial charge in [0.1, 0.15) is 5.60 Å². The van der Waals surface area contributed by atoms with Crippen molar-refractivity contribution in [2.75, 3.05) is 11.2 Å². The Morgan fingerprint density at radius 3 is 2.41 bits per heavy atom. The minimum atomic E-state index is -3.44. The number of carbonyl (C=O) groups is 2. The highest BCUT2D eigenvalue weighted by Crippen LogP contribution is 2.41. The SMILES string of the molecule is CCC(=O)N(c1cnc(C(=O)OC(C)(C)C)cn1)C1CCCC1c1ccc(S(C)(=O)=O)c(Cl)c1. The molecule has 1 aliphatic carbocycles. The number of benzene rings is 1. The van der Waals surface area contributed by atoms with Gasteiger partial charge in [-0.15, -0.1) is 0 Å². The van der Waals surface area contributed by atoms with Crippen LogP contribution in [0.3, 0.4) is 0 Å². The first-order valence-electron chi connectivity index (χ1n) is 11.2. The van der Waals surface area contributed by atoms with Gasteiger partial charge in [0.25, 0.3) is 0 Å². The summed E-state index contributed by atoms with van der Waals surface area (Å²) in [4.78, 5) is 35.6. The molecule has 1 saturated carbocycles. The van der Waals surface area contributed by atoms with Crippen LogP contribution in [0.5, 0.6) is 0 Å². The molecule has 34 heavy (non-hydrogen) atoms. The van der Waals surface area contributed by atoms with Crippen molar-refractivity contribution in [1.82, 2.24) is 9.97 Å². The Bertz CT molecular complexity index is 1180. The number of esters is 1. The van der Waals surface area contributed by atoms with E-state index in [1.165, 1.54) is 18.5 Å². The fourth-order valence-corrected chi connectivity index (χ4v) is 5.56. The Balaban J connectivity index is 1.93. The molecule has 0 bridgehead atoms. The zero-order valence-corrected chi connectivity index (χ0v) is 21.6. The number of rotatable bonds is 6. The minimum Gasteiger partial charge on any atom is -0.455 e. The predicted molar refractivity (Wildman–Crippen MR) is 130 cm³/mol. The van der Waals surface area contributed by atoms with E-state index in [1.54, 1.807) is 44.7 Å². The molecule has 2 atom stereocenters. The maximum absolute atomic E-state index is 13.0. The van der Waals surface area contributed by atoms with Crippen molar-refractivity contribution in [3.8, 4) is 0 Å². The Labute approximate surface area is 205 Å². The Hall–Kier alpha value is -2.52. The quantitative estimate of drug-likeness (QED) is 0.527. The summed E-state index contributed by atoms with van der Waals surface area (Å²) in [6.07, 6.45) is 6.58. The third-order valence-corrected chi connectivity index (χ3v) is 7.24. The van der Waals surface area contributed by atoms with Crippen molar-refractivity contribution < 1.29 is 22.7 Å². The van der Waals surface area contributed by atoms with Gasteiger partial charge in [-0.25, -0.2) is 23.2 Å². The molecule has 3 rings (SSSR count). The number of halogens is 1. The van der Waals surface area contributed by atoms with Crippen molar-refractivity contribution in [2.24, 2.45) is 0 Å². The van der Waals surface area contributed by atoms with Crippen LogP contribution in [0, 0.1) is 0 Å². The summed E-state index contributed by atoms with van der Waals surface area (Å²) < 4.78 is 29.2. The van der Waals surface area contributed by atoms with E-state index < -0.39 is 21.4 Å². The van der Waals surface area contributed by atoms with E-state index in [9.17, 15) is 18.0 Å². The summed E-state index contributed by atoms with van der Waals surface area (Å²) in [5, 5.41) is 0.167. The number of carbonyl (C=O) groups excluding carboxylic acids is 2. The average molecular weight is 508 g/mol. The van der Waals surface area contributed by atoms with Crippen LogP contribution in [0.2, 0.25) is 5.02 Å². The molecule has 1 aliphatic rings. The van der Waals surface area contributed by atoms with E-state index in [0.29, 0.717) is 5.82 Å². The van der Waals surface area contributed by atoms with E-state index in [0.717, 1.165) is 31.1 Å². The zero-order chi connectivity index (χ0) is 25.3. The van der Waals surface area contributed by atoms with Crippen LogP contribution < -0.4 is 4.90 Å². The van der Waals surface area contributed by atoms with E-state index in [-0.39, 0.29) is 39.9 Å². The van der Waals surface area contributed by atoms with E-state index in [2.05, 4.69) is 9.97 Å². The molecule has 0 spiro atoms. The van der Waals surface area contributed by atoms with Crippen molar-refractivity contribution in [3.63, 3.8) is 0 Å². The summed E-state index contributed by atoms with van der Waals surface area (Å²) in [5.41, 5.74) is 0.271. The molecular weight excluding hydrogens is 478 g/mol. The molecule has 0 N–H and O–H groups in total. The molecule has 1 heterocycles. The van der Waals surface area contributed by atoms with Crippen LogP contribution in [-0.2, 0) is 19.4 Å². The first-order chi connectivity index (χ1) is 15.8. The molecule has 0 aliphatic heterocycles. The third-order valence-electron chi connectivity index (χ3n) is 5.66. The van der Waals surface area contributed by atoms with Gasteiger partial charge in [-0.05, 0) is 51.3 Å². The van der Waals surface area contributed by atoms with E-state index >= 15 is 0 Å². The Kier molecular flexibility index (Phi) is 7.67. The lowest BCUT2D eigenvalue weighted by Gasteiger charge is -2.32. The lowest BCUT2D eigenvalue weighted by Crippen LogP contribution is -2.42. The lowest BCUT2D eigenvalue weighted by atomic mass is 9.92. The smallest absolute Gasteiger partial charge is 0.359 e. The van der Waals surface area contributed by atoms with Crippen LogP contribution in [0.25, 0.3) is 0 Å². The van der Waals surface area contributed by atoms with Crippen LogP contribution in [0.15, 0.2) is 35.5 Å². The second-order valence-electron chi connectivity index (χ2n) is 9.45. The number of amides is 1. The maximum atomic E-state index is 13.0. The van der Waals surface area contributed by atoms with Crippen molar-refractivity contribution >= 4 is 39.1 Å². The number of hydrogen-bond donors (Lipinski definition) is 0. The first-order valence-corrected chi connectivity index (χ1v) is 13.5. The molecule has 0 saturated heterocycles. The highest BCUT2D eigenvalue weighted by Gasteiger charge is 2.37. The second kappa shape index (κ2) is 10.00. The zero-order valence-electron chi connectivity index (χ0n) is 20.0. The summed E-state index contributed by atoms with van der Waals surface area (Å²) in [6, 6.07) is 4.75. The number of ether oxygens (including phenoxy) is 1. The largest absolute Gasteiger partial charge is 0.455 e. The fourth-order valence-electron chi connectivity index (χ4n) is 4.22. The topological polar surface area (TPSA) is 107 Å². The summed E-state index contributed by atoms with van der Waals surface area (Å²) in [6.45, 7) is 7.08. The number of sulfone groups is 1. The molecule has 184 valence electrons. The summed E-state index contributed by atoms with van der Waals surface area (Å²) in [7, 11) is -3.44. The average Bonchev–Trinajstić information content (AvgIpc) is 3.21. The molecule has 1 fully saturated rings. The molecule has 10 heteroatoms. The van der Waals surface area contributed by atoms with Gasteiger partial charge >= 0.3 is 5.97 Å². The highest BCUT2D eigenvalue weighted by atomic mass is 35.5. The van der Waals surface area contributed by atoms with E-state index in [4.69, 9.17) is 16.3 Å². The van der Waals surface area contributed by atoms with Gasteiger partial charge in [0.2, 0.25) is 5.91 Å². The number of aromatic nitrogens is 2. The normalized spacial score (nSPS) is 18.5. The van der Waals surface area contributed by atoms with Gasteiger partial charge < -0.3 is 4.74 Å². The van der Waals surface area contributed by atoms with Crippen LogP contribution in [0.4, 0.5) is 5.82 Å². The van der Waals surface area contributed by atoms with Gasteiger partial charge in [0, 0.05) is 24.6 Å². The standard InChI is InChI=1S/C24H30ClN3O5S/c1-6-22(29)28(21-14-26-18(13-27-21)23(30)33-24(2,3)4)19-9-7-8-16(19)15-10-11-20(17(25)12-15)34(5,31)32/h10-14,16,19H,6-9H2,1-5H3. The number of anilines is 1. The first kappa shape index (κ1) is 26.1. The Morgan fingerprint density at radius 2 is 1.88 bits per heavy atom. The van der Waals surface area contributed by atoms with Gasteiger partial charge in [0.05, 0.1) is 22.3 Å². The van der Waals surface area contributed by atoms with Crippen molar-refractivity contribution in [3.05, 3.63) is 46.9 Å². The fraction of sp³-hybridized carbons (Fsp3) is 0.500. The van der Waals surface area contributed by atoms with Gasteiger partial charge in [-0.2, -0.15) is 0 Å². The molecule has 2 unspecified atom stereocenters. The van der Waals surface area contributed by atoms with Gasteiger partial charge in [0.15, 0.2) is 21.3 Å². The third kappa shape index (κ3) is 5.93. The van der Waals surface area contributed by atoms with Crippen LogP contribution in [0.1, 0.15) is 75.3 Å². The van der Waals surface area contributed by atoms with Crippen molar-refractivity contribution in [1.29, 1.82) is 0 Å². The minimum absolute atomic E-state index is 0.0473. The molecular formula is C24H30ClN3O5S. The van der Waals surface area contributed by atoms with Gasteiger partial charge in [-0.1, -0.05) is 31.0 Å². The summed E-state index contributed by atoms with van der Waals surface area (Å²) >= 11 is 6.29. The van der Waals surface area contributed by atoms with Crippen LogP contribution >= 0.6 is 11.6 Å². The van der Waals surface area contributed by atoms with Gasteiger partial charge in [-0.3, -0.25) is 9.69 Å². The number of hydrogen-bond acceptors (Lipinski definition) is 7. The molecule has 1 aromatic heterocycles. The summed E-state index contributed by atoms with van der Waals surface area (Å²) in [5.74, 6) is -0.391. The van der Waals surface area contributed by atoms with E-state index in [1.807, 2.05) is 0 Å². The lowest BCUT2D eigenvalue weighted by molar-refractivity contribution is -0.118. The molecule has 8 nitrogen and oxygen atoms in total. The number of nitrogens with zero attached hydrogens (tertiary/aromatic N) is 3. The Morgan fingerprint density at radius 1 is 1.18 bits per heavy atom. The predicted octanol–water partition coefficient (Wildman–Crippen LogP) is 4.57. The molecule has 2 aromatic rings. The molecule has 1 amide bonds. The molecule has 1 aromatic carbocycles. The highest BCUT2D eigenvalue weighted by molar-refractivity contribution is 7.90. The second-order valence-corrected chi connectivity index (χ2v) is 11.8. The monoisotopic (exact) mass is 507 g/mol. The van der Waals surface area contributed by atoms with Crippen molar-refractivity contribution in [2.45, 2.75) is 75.8 Å².